The van der Waals surface area contributed by atoms with Crippen LogP contribution in [0, 0.1) is 11.8 Å². The molecule has 11 N–H and O–H groups in total. The molecule has 8 fully saturated rings. The van der Waals surface area contributed by atoms with Crippen LogP contribution in [0.15, 0.2) is 12.7 Å². The topological polar surface area (TPSA) is 402 Å². The predicted octanol–water partition coefficient (Wildman–Crippen LogP) is 2.02. The van der Waals surface area contributed by atoms with Crippen LogP contribution in [0.1, 0.15) is 155 Å². The molecule has 29 nitrogen and oxygen atoms in total. The fraction of sp³-hybridized carbons (Fsp3) is 0.719. The molecule has 0 spiro atoms. The molecule has 5 amide bonds. The average Bonchev–Trinajstić information content (AvgIpc) is 1.76. The van der Waals surface area contributed by atoms with Crippen LogP contribution in [-0.2, 0) is 51.0 Å². The number of piperidine rings is 2. The zero-order valence-electron chi connectivity index (χ0n) is 49.5. The summed E-state index contributed by atoms with van der Waals surface area (Å²) in [5.41, 5.74) is 13.8. The van der Waals surface area contributed by atoms with Gasteiger partial charge in [-0.25, -0.2) is 39.5 Å². The minimum Gasteiger partial charge on any atom is -0.444 e. The van der Waals surface area contributed by atoms with Gasteiger partial charge in [0.1, 0.15) is 53.2 Å². The molecule has 4 aromatic heterocycles. The van der Waals surface area contributed by atoms with Gasteiger partial charge in [0.15, 0.2) is 59.5 Å². The lowest BCUT2D eigenvalue weighted by molar-refractivity contribution is -0.138. The highest BCUT2D eigenvalue weighted by molar-refractivity contribution is 5.87. The quantitative estimate of drug-likeness (QED) is 0.0775. The number of aliphatic hydroxyl groups excluding tert-OH is 4. The molecule has 472 valence electrons. The van der Waals surface area contributed by atoms with Crippen molar-refractivity contribution >= 4 is 69.7 Å². The number of nitrogen functional groups attached to an aromatic ring is 2. The highest BCUT2D eigenvalue weighted by Crippen LogP contribution is 2.36. The van der Waals surface area contributed by atoms with Gasteiger partial charge in [-0.2, -0.15) is 0 Å². The lowest BCUT2D eigenvalue weighted by Gasteiger charge is -2.32. The molecule has 5 saturated heterocycles. The van der Waals surface area contributed by atoms with Gasteiger partial charge < -0.3 is 76.6 Å². The van der Waals surface area contributed by atoms with E-state index in [1.807, 2.05) is 27.7 Å². The van der Waals surface area contributed by atoms with Crippen LogP contribution in [0.5, 0.6) is 0 Å². The molecule has 86 heavy (non-hydrogen) atoms. The number of rotatable bonds is 16. The lowest BCUT2D eigenvalue weighted by Crippen LogP contribution is -2.43. The molecule has 0 bridgehead atoms. The van der Waals surface area contributed by atoms with Crippen LogP contribution in [0.25, 0.3) is 22.3 Å². The number of nitrogens with zero attached hydrogens (tertiary/aromatic N) is 10. The van der Waals surface area contributed by atoms with Crippen molar-refractivity contribution in [2.24, 2.45) is 11.8 Å². The number of carbonyl (C=O) groups excluding carboxylic acids is 6. The molecule has 10 atom stereocenters. The van der Waals surface area contributed by atoms with Crippen LogP contribution >= 0.6 is 0 Å². The smallest absolute Gasteiger partial charge is 0.410 e. The summed E-state index contributed by atoms with van der Waals surface area (Å²) in [6.45, 7) is 10.8. The molecule has 4 unspecified atom stereocenters. The Morgan fingerprint density at radius 2 is 1.07 bits per heavy atom. The fourth-order valence-corrected chi connectivity index (χ4v) is 11.7. The number of hydrogen-bond acceptors (Lipinski definition) is 22. The standard InChI is InChI=1S/C27H37N7O7.C26H36N8O7.2C2H6/c28-23-19-24(34(13-29-19)26-21(37)20(36)22(41-26)25(38)30-15-7-8-15)32-18(31-23)6-1-3-14-9-11-33(12-10-14)27(39)40-17-5-2-4-16(17)35;27-22-18-23(34(12-29-18)25-20(37)19(36)21(41-25)24(38)30-14-4-5-14)32-16(31-22)3-1-2-13-6-8-33(9-7-13)26(39)40-15-10-17(35)28-11-15;2*1-2/h13-15,17,20-22,26,36-37H,1-12H2,(H,30,38)(H2,28,31,32);12-15,19-21,25,36-37H,1-11H2,(H,28,35)(H,30,38)(H2,27,31,32);2*1-2H3/t17?,20-,21?,22+,26-;15?,19-,20?,21+,25-;;/m11../s1. The number of likely N-dealkylation sites (tertiary alicyclic amines) is 2. The van der Waals surface area contributed by atoms with E-state index in [-0.39, 0.29) is 47.9 Å². The van der Waals surface area contributed by atoms with E-state index in [0.29, 0.717) is 104 Å². The van der Waals surface area contributed by atoms with Gasteiger partial charge >= 0.3 is 12.2 Å². The summed E-state index contributed by atoms with van der Waals surface area (Å²) in [7, 11) is 0. The Labute approximate surface area is 498 Å². The number of fused-ring (bicyclic) bond motifs is 2. The van der Waals surface area contributed by atoms with E-state index in [0.717, 1.165) is 83.5 Å². The van der Waals surface area contributed by atoms with Gasteiger partial charge in [-0.3, -0.25) is 28.3 Å². The summed E-state index contributed by atoms with van der Waals surface area (Å²) in [6, 6.07) is 0.186. The number of Topliss-reactive ketones (excluding diaryl/α,β-unsaturated/α-hetero) is 1. The molecular weight excluding hydrogens is 1120 g/mol. The van der Waals surface area contributed by atoms with Gasteiger partial charge in [0, 0.05) is 57.5 Å². The Morgan fingerprint density at radius 1 is 0.628 bits per heavy atom. The number of aliphatic hydroxyl groups is 4. The number of aromatic nitrogens is 8. The molecule has 8 aliphatic rings. The molecule has 0 aromatic carbocycles. The number of aryl methyl sites for hydroxylation is 2. The van der Waals surface area contributed by atoms with Crippen molar-refractivity contribution in [3.05, 3.63) is 24.3 Å². The van der Waals surface area contributed by atoms with Gasteiger partial charge in [0.2, 0.25) is 5.91 Å². The second-order valence-corrected chi connectivity index (χ2v) is 23.0. The van der Waals surface area contributed by atoms with Crippen molar-refractivity contribution in [1.82, 2.24) is 64.8 Å². The molecule has 9 heterocycles. The number of ether oxygens (including phenoxy) is 4. The van der Waals surface area contributed by atoms with Crippen LogP contribution < -0.4 is 27.4 Å². The van der Waals surface area contributed by atoms with E-state index in [1.54, 1.807) is 9.80 Å². The SMILES string of the molecule is CC.CC.Nc1nc(CCCC2CCN(C(=O)OC3CCCC3=O)CC2)nc2c1ncn2[C@@H]1O[C@H](C(=O)NC2CC2)[C@H](O)C1O.Nc1nc(CCCC2CCN(C(=O)OC3CNC(=O)C3)CC2)nc2c1ncn2[C@@H]1O[C@H](C(=O)NC2CC2)[C@H](O)C1O. The van der Waals surface area contributed by atoms with Gasteiger partial charge in [0.05, 0.1) is 25.6 Å². The monoisotopic (exact) mass is 1200 g/mol. The number of hydrogen-bond donors (Lipinski definition) is 9. The van der Waals surface area contributed by atoms with E-state index in [1.165, 1.54) is 21.8 Å². The van der Waals surface area contributed by atoms with Crippen LogP contribution in [0.4, 0.5) is 21.2 Å². The summed E-state index contributed by atoms with van der Waals surface area (Å²) in [6.07, 6.45) is 4.81. The Bertz CT molecular complexity index is 3010. The average molecular weight is 1200 g/mol. The van der Waals surface area contributed by atoms with E-state index >= 15 is 0 Å². The first-order chi connectivity index (χ1) is 41.5. The van der Waals surface area contributed by atoms with Crippen LogP contribution in [0.3, 0.4) is 0 Å². The van der Waals surface area contributed by atoms with Gasteiger partial charge in [-0.1, -0.05) is 27.7 Å². The first-order valence-electron chi connectivity index (χ1n) is 30.9. The van der Waals surface area contributed by atoms with E-state index in [9.17, 15) is 49.2 Å². The molecule has 3 saturated carbocycles. The van der Waals surface area contributed by atoms with Crippen molar-refractivity contribution in [3.63, 3.8) is 0 Å². The summed E-state index contributed by atoms with van der Waals surface area (Å²) in [5.74, 6) is 1.35. The van der Waals surface area contributed by atoms with Crippen LogP contribution in [0.2, 0.25) is 0 Å². The van der Waals surface area contributed by atoms with Crippen LogP contribution in [-0.4, -0.2) is 199 Å². The van der Waals surface area contributed by atoms with Gasteiger partial charge in [-0.15, -0.1) is 0 Å². The van der Waals surface area contributed by atoms with Crippen molar-refractivity contribution in [1.29, 1.82) is 0 Å². The van der Waals surface area contributed by atoms with E-state index < -0.39 is 79.2 Å². The number of amides is 5. The summed E-state index contributed by atoms with van der Waals surface area (Å²) in [4.78, 5) is 103. The Balaban J connectivity index is 0.000000194. The van der Waals surface area contributed by atoms with Gasteiger partial charge in [-0.05, 0) is 102 Å². The number of ketones is 1. The van der Waals surface area contributed by atoms with Crippen molar-refractivity contribution in [3.8, 4) is 0 Å². The largest absolute Gasteiger partial charge is 0.444 e. The molecule has 3 aliphatic carbocycles. The Hall–Kier alpha value is -6.92. The lowest BCUT2D eigenvalue weighted by atomic mass is 9.91. The first kappa shape index (κ1) is 63.6. The van der Waals surface area contributed by atoms with Crippen molar-refractivity contribution in [2.45, 2.75) is 217 Å². The highest BCUT2D eigenvalue weighted by atomic mass is 16.6. The second-order valence-electron chi connectivity index (χ2n) is 23.0. The predicted molar refractivity (Wildman–Crippen MR) is 308 cm³/mol. The minimum absolute atomic E-state index is 0.0160. The summed E-state index contributed by atoms with van der Waals surface area (Å²) in [5, 5.41) is 50.6. The molecule has 12 rings (SSSR count). The molecule has 29 heteroatoms. The maximum Gasteiger partial charge on any atom is 0.410 e. The maximum atomic E-state index is 12.5. The Kier molecular flexibility index (Phi) is 21.2. The third-order valence-corrected chi connectivity index (χ3v) is 16.8. The summed E-state index contributed by atoms with van der Waals surface area (Å²) >= 11 is 0. The molecule has 5 aliphatic heterocycles. The second kappa shape index (κ2) is 28.7. The molecule has 4 aromatic rings. The minimum atomic E-state index is -1.40. The van der Waals surface area contributed by atoms with E-state index in [2.05, 4.69) is 45.9 Å². The first-order valence-corrected chi connectivity index (χ1v) is 30.9. The normalized spacial score (nSPS) is 27.6. The number of imidazole rings is 2. The van der Waals surface area contributed by atoms with Crippen molar-refractivity contribution < 1.29 is 68.1 Å². The zero-order valence-corrected chi connectivity index (χ0v) is 49.5. The third kappa shape index (κ3) is 15.1. The Morgan fingerprint density at radius 3 is 1.47 bits per heavy atom. The number of nitrogens with two attached hydrogens (primary N) is 2. The third-order valence-electron chi connectivity index (χ3n) is 16.8. The molecule has 0 radical (unpaired) electrons. The van der Waals surface area contributed by atoms with Crippen molar-refractivity contribution in [2.75, 3.05) is 44.2 Å². The van der Waals surface area contributed by atoms with Gasteiger partial charge in [0.25, 0.3) is 11.8 Å². The molecular formula is C57H85N15O14. The van der Waals surface area contributed by atoms with E-state index in [4.69, 9.17) is 30.4 Å². The maximum absolute atomic E-state index is 12.5. The number of carbonyl (C=O) groups is 6. The number of anilines is 2. The summed E-state index contributed by atoms with van der Waals surface area (Å²) < 4.78 is 25.4. The highest BCUT2D eigenvalue weighted by Gasteiger charge is 2.50. The zero-order chi connectivity index (χ0) is 61.3. The fourth-order valence-electron chi connectivity index (χ4n) is 11.7. The number of nitrogens with one attached hydrogen (secondary N) is 3.